The highest BCUT2D eigenvalue weighted by atomic mass is 79.9. The number of rotatable bonds is 15. The van der Waals surface area contributed by atoms with Crippen LogP contribution in [0.5, 0.6) is 11.5 Å². The molecule has 3 aromatic rings. The second kappa shape index (κ2) is 14.9. The molecule has 0 fully saturated rings. The molecular weight excluding hydrogens is 580 g/mol. The van der Waals surface area contributed by atoms with Gasteiger partial charge in [-0.1, -0.05) is 72.3 Å². The third kappa shape index (κ3) is 7.67. The molecule has 0 radical (unpaired) electrons. The first-order valence-electron chi connectivity index (χ1n) is 13.6. The van der Waals surface area contributed by atoms with E-state index in [4.69, 9.17) is 19.4 Å². The maximum atomic E-state index is 6.81. The van der Waals surface area contributed by atoms with Crippen molar-refractivity contribution in [1.29, 1.82) is 0 Å². The van der Waals surface area contributed by atoms with Crippen LogP contribution in [-0.2, 0) is 0 Å². The average Bonchev–Trinajstić information content (AvgIpc) is 2.89. The van der Waals surface area contributed by atoms with Crippen LogP contribution in [-0.4, -0.2) is 22.2 Å². The van der Waals surface area contributed by atoms with Gasteiger partial charge < -0.3 is 9.47 Å². The van der Waals surface area contributed by atoms with E-state index in [-0.39, 0.29) is 12.2 Å². The molecule has 3 rings (SSSR count). The summed E-state index contributed by atoms with van der Waals surface area (Å²) < 4.78 is 15.3. The monoisotopic (exact) mass is 618 g/mol. The van der Waals surface area contributed by atoms with Gasteiger partial charge in [0.05, 0.1) is 24.1 Å². The smallest absolute Gasteiger partial charge is 0.171 e. The number of hydrogen-bond donors (Lipinski definition) is 0. The molecular formula is C30H40Br2N2O2. The summed E-state index contributed by atoms with van der Waals surface area (Å²) in [6.07, 6.45) is 13.1. The van der Waals surface area contributed by atoms with Crippen LogP contribution in [0.1, 0.15) is 91.9 Å². The summed E-state index contributed by atoms with van der Waals surface area (Å²) in [6.45, 7) is 8.90. The zero-order valence-electron chi connectivity index (χ0n) is 22.2. The summed E-state index contributed by atoms with van der Waals surface area (Å²) in [5.74, 6) is 1.61. The van der Waals surface area contributed by atoms with Crippen LogP contribution in [0.4, 0.5) is 0 Å². The number of para-hydroxylation sites is 1. The van der Waals surface area contributed by atoms with Crippen LogP contribution in [0.15, 0.2) is 45.5 Å². The fraction of sp³-hybridized carbons (Fsp3) is 0.533. The highest BCUT2D eigenvalue weighted by Crippen LogP contribution is 2.41. The number of benzene rings is 2. The maximum Gasteiger partial charge on any atom is 0.171 e. The minimum absolute atomic E-state index is 0.146. The van der Waals surface area contributed by atoms with Gasteiger partial charge in [0, 0.05) is 14.5 Å². The van der Waals surface area contributed by atoms with E-state index in [1.165, 1.54) is 6.42 Å². The molecule has 36 heavy (non-hydrogen) atoms. The van der Waals surface area contributed by atoms with Gasteiger partial charge in [-0.2, -0.15) is 0 Å². The Labute approximate surface area is 233 Å². The molecule has 0 aliphatic carbocycles. The number of halogens is 2. The first kappa shape index (κ1) is 28.9. The van der Waals surface area contributed by atoms with Gasteiger partial charge in [0.15, 0.2) is 11.5 Å². The fourth-order valence-electron chi connectivity index (χ4n) is 4.47. The van der Waals surface area contributed by atoms with Gasteiger partial charge in [-0.25, -0.2) is 4.98 Å². The third-order valence-electron chi connectivity index (χ3n) is 6.41. The van der Waals surface area contributed by atoms with Crippen LogP contribution in [0.3, 0.4) is 0 Å². The van der Waals surface area contributed by atoms with Gasteiger partial charge in [-0.15, -0.1) is 0 Å². The molecule has 196 valence electrons. The Kier molecular flexibility index (Phi) is 12.0. The molecule has 0 aliphatic heterocycles. The molecule has 2 aromatic carbocycles. The third-order valence-corrected chi connectivity index (χ3v) is 7.69. The van der Waals surface area contributed by atoms with Crippen molar-refractivity contribution in [2.24, 2.45) is 0 Å². The lowest BCUT2D eigenvalue weighted by Crippen LogP contribution is -2.20. The molecule has 0 saturated heterocycles. The van der Waals surface area contributed by atoms with Crippen molar-refractivity contribution in [3.63, 3.8) is 0 Å². The van der Waals surface area contributed by atoms with E-state index in [1.807, 2.05) is 24.4 Å². The molecule has 0 amide bonds. The predicted octanol–water partition coefficient (Wildman–Crippen LogP) is 10.3. The topological polar surface area (TPSA) is 44.2 Å². The van der Waals surface area contributed by atoms with E-state index in [9.17, 15) is 0 Å². The molecule has 2 atom stereocenters. The van der Waals surface area contributed by atoms with Crippen LogP contribution in [0, 0.1) is 0 Å². The minimum Gasteiger partial charge on any atom is -0.487 e. The number of hydrogen-bond acceptors (Lipinski definition) is 4. The van der Waals surface area contributed by atoms with E-state index >= 15 is 0 Å². The lowest BCUT2D eigenvalue weighted by atomic mass is 10.1. The van der Waals surface area contributed by atoms with Gasteiger partial charge in [0.1, 0.15) is 11.0 Å². The number of aromatic nitrogens is 2. The second-order valence-electron chi connectivity index (χ2n) is 9.46. The Morgan fingerprint density at radius 3 is 1.94 bits per heavy atom. The summed E-state index contributed by atoms with van der Waals surface area (Å²) in [5, 5.41) is 0. The highest BCUT2D eigenvalue weighted by Gasteiger charge is 2.22. The van der Waals surface area contributed by atoms with Crippen molar-refractivity contribution < 1.29 is 9.47 Å². The predicted molar refractivity (Wildman–Crippen MR) is 158 cm³/mol. The van der Waals surface area contributed by atoms with Crippen molar-refractivity contribution >= 4 is 42.9 Å². The van der Waals surface area contributed by atoms with Crippen molar-refractivity contribution in [3.05, 3.63) is 45.5 Å². The maximum absolute atomic E-state index is 6.81. The zero-order chi connectivity index (χ0) is 25.9. The van der Waals surface area contributed by atoms with Crippen molar-refractivity contribution in [3.8, 4) is 22.8 Å². The number of ether oxygens (including phenoxy) is 2. The number of unbranched alkanes of at least 4 members (excludes halogenated alkanes) is 2. The molecule has 2 unspecified atom stereocenters. The van der Waals surface area contributed by atoms with E-state index in [2.05, 4.69) is 71.7 Å². The molecule has 4 nitrogen and oxygen atoms in total. The van der Waals surface area contributed by atoms with Gasteiger partial charge in [-0.3, -0.25) is 4.98 Å². The van der Waals surface area contributed by atoms with E-state index < -0.39 is 0 Å². The molecule has 1 heterocycles. The van der Waals surface area contributed by atoms with E-state index in [1.54, 1.807) is 0 Å². The van der Waals surface area contributed by atoms with Gasteiger partial charge in [0.25, 0.3) is 0 Å². The Morgan fingerprint density at radius 2 is 1.33 bits per heavy atom. The fourth-order valence-corrected chi connectivity index (χ4v) is 5.31. The standard InChI is InChI=1S/C30H40Br2N2O2/c1-5-9-14-21(12-7-3)35-27-17-11-16-23(30(27)36-22(13-8-4)15-10-6-2)26-20-33-28-24(31)18-19-25(32)29(28)34-26/h11,16-22H,5-10,12-15H2,1-4H3. The Morgan fingerprint density at radius 1 is 0.722 bits per heavy atom. The number of fused-ring (bicyclic) bond motifs is 1. The first-order valence-corrected chi connectivity index (χ1v) is 15.2. The second-order valence-corrected chi connectivity index (χ2v) is 11.2. The minimum atomic E-state index is 0.146. The van der Waals surface area contributed by atoms with Gasteiger partial charge in [0.2, 0.25) is 0 Å². The molecule has 0 spiro atoms. The summed E-state index contributed by atoms with van der Waals surface area (Å²) >= 11 is 7.26. The quantitative estimate of drug-likeness (QED) is 0.170. The molecule has 6 heteroatoms. The zero-order valence-corrected chi connectivity index (χ0v) is 25.3. The van der Waals surface area contributed by atoms with Gasteiger partial charge in [-0.05, 0) is 81.8 Å². The Hall–Kier alpha value is -1.66. The van der Waals surface area contributed by atoms with E-state index in [0.29, 0.717) is 0 Å². The van der Waals surface area contributed by atoms with E-state index in [0.717, 1.165) is 101 Å². The summed E-state index contributed by atoms with van der Waals surface area (Å²) in [7, 11) is 0. The largest absolute Gasteiger partial charge is 0.487 e. The Bertz CT molecular complexity index is 1110. The first-order chi connectivity index (χ1) is 17.5. The molecule has 0 aliphatic rings. The molecule has 0 bridgehead atoms. The SMILES string of the molecule is CCCCC(CCC)Oc1cccc(-c2cnc3c(Br)ccc(Br)c3n2)c1OC(CCC)CCCC. The molecule has 1 aromatic heterocycles. The summed E-state index contributed by atoms with van der Waals surface area (Å²) in [6, 6.07) is 10.2. The van der Waals surface area contributed by atoms with Crippen LogP contribution < -0.4 is 9.47 Å². The lowest BCUT2D eigenvalue weighted by Gasteiger charge is -2.25. The van der Waals surface area contributed by atoms with Crippen molar-refractivity contribution in [2.45, 2.75) is 104 Å². The van der Waals surface area contributed by atoms with Crippen molar-refractivity contribution in [2.75, 3.05) is 0 Å². The normalized spacial score (nSPS) is 13.1. The summed E-state index contributed by atoms with van der Waals surface area (Å²) in [4.78, 5) is 9.76. The lowest BCUT2D eigenvalue weighted by molar-refractivity contribution is 0.142. The Balaban J connectivity index is 2.09. The highest BCUT2D eigenvalue weighted by molar-refractivity contribution is 9.11. The van der Waals surface area contributed by atoms with Crippen molar-refractivity contribution in [1.82, 2.24) is 9.97 Å². The van der Waals surface area contributed by atoms with Crippen LogP contribution in [0.25, 0.3) is 22.3 Å². The molecule has 0 saturated carbocycles. The average molecular weight is 620 g/mol. The number of nitrogens with zero attached hydrogens (tertiary/aromatic N) is 2. The molecule has 0 N–H and O–H groups in total. The van der Waals surface area contributed by atoms with Crippen LogP contribution in [0.2, 0.25) is 0 Å². The van der Waals surface area contributed by atoms with Crippen LogP contribution >= 0.6 is 31.9 Å². The van der Waals surface area contributed by atoms with Gasteiger partial charge >= 0.3 is 0 Å². The summed E-state index contributed by atoms with van der Waals surface area (Å²) in [5.41, 5.74) is 3.37.